The first kappa shape index (κ1) is 23.8. The van der Waals surface area contributed by atoms with Gasteiger partial charge in [0.1, 0.15) is 5.60 Å². The number of hydrogen-bond donors (Lipinski definition) is 1. The number of piperidine rings is 1. The number of aromatic nitrogens is 2. The van der Waals surface area contributed by atoms with Gasteiger partial charge in [0.2, 0.25) is 0 Å². The average Bonchev–Trinajstić information content (AvgIpc) is 3.11. The zero-order chi connectivity index (χ0) is 23.7. The van der Waals surface area contributed by atoms with E-state index in [0.717, 1.165) is 24.2 Å². The SMILES string of the molecule is Cc1ccc(-n2ncc(C(=O)NC(C)(C)C)c2C2CCN(C(=O)OC(C)(C)C)CC2)cc1. The van der Waals surface area contributed by atoms with E-state index < -0.39 is 5.60 Å². The first-order valence-corrected chi connectivity index (χ1v) is 11.3. The predicted octanol–water partition coefficient (Wildman–Crippen LogP) is 4.82. The van der Waals surface area contributed by atoms with Gasteiger partial charge < -0.3 is 15.0 Å². The lowest BCUT2D eigenvalue weighted by molar-refractivity contribution is 0.0203. The summed E-state index contributed by atoms with van der Waals surface area (Å²) < 4.78 is 7.41. The molecule has 0 spiro atoms. The van der Waals surface area contributed by atoms with Gasteiger partial charge in [0.05, 0.1) is 23.1 Å². The highest BCUT2D eigenvalue weighted by atomic mass is 16.6. The molecule has 1 aromatic heterocycles. The number of nitrogens with one attached hydrogen (secondary N) is 1. The second-order valence-electron chi connectivity index (χ2n) is 10.6. The lowest BCUT2D eigenvalue weighted by Gasteiger charge is -2.34. The highest BCUT2D eigenvalue weighted by Gasteiger charge is 2.32. The van der Waals surface area contributed by atoms with Gasteiger partial charge in [0.15, 0.2) is 0 Å². The summed E-state index contributed by atoms with van der Waals surface area (Å²) in [5, 5.41) is 7.66. The molecule has 0 bridgehead atoms. The van der Waals surface area contributed by atoms with Crippen LogP contribution in [0.15, 0.2) is 30.5 Å². The molecule has 174 valence electrons. The maximum Gasteiger partial charge on any atom is 0.410 e. The summed E-state index contributed by atoms with van der Waals surface area (Å²) in [7, 11) is 0. The third-order valence-corrected chi connectivity index (χ3v) is 5.35. The zero-order valence-corrected chi connectivity index (χ0v) is 20.4. The first-order chi connectivity index (χ1) is 14.8. The topological polar surface area (TPSA) is 76.5 Å². The molecule has 1 fully saturated rings. The van der Waals surface area contributed by atoms with E-state index in [1.165, 1.54) is 5.56 Å². The van der Waals surface area contributed by atoms with Crippen molar-refractivity contribution >= 4 is 12.0 Å². The number of nitrogens with zero attached hydrogens (tertiary/aromatic N) is 3. The van der Waals surface area contributed by atoms with Crippen molar-refractivity contribution < 1.29 is 14.3 Å². The van der Waals surface area contributed by atoms with Gasteiger partial charge >= 0.3 is 6.09 Å². The third-order valence-electron chi connectivity index (χ3n) is 5.35. The van der Waals surface area contributed by atoms with E-state index in [9.17, 15) is 9.59 Å². The van der Waals surface area contributed by atoms with Crippen LogP contribution in [0.3, 0.4) is 0 Å². The average molecular weight is 441 g/mol. The molecule has 1 saturated heterocycles. The van der Waals surface area contributed by atoms with Gasteiger partial charge in [0, 0.05) is 24.5 Å². The highest BCUT2D eigenvalue weighted by molar-refractivity contribution is 5.96. The Morgan fingerprint density at radius 2 is 1.62 bits per heavy atom. The number of amides is 2. The summed E-state index contributed by atoms with van der Waals surface area (Å²) >= 11 is 0. The van der Waals surface area contributed by atoms with Gasteiger partial charge in [-0.05, 0) is 73.4 Å². The number of ether oxygens (including phenoxy) is 1. The lowest BCUT2D eigenvalue weighted by Crippen LogP contribution is -2.42. The Bertz CT molecular complexity index is 957. The second-order valence-corrected chi connectivity index (χ2v) is 10.6. The number of carbonyl (C=O) groups excluding carboxylic acids is 2. The number of carbonyl (C=O) groups is 2. The normalized spacial score (nSPS) is 15.5. The van der Waals surface area contributed by atoms with Gasteiger partial charge in [-0.2, -0.15) is 5.10 Å². The molecule has 1 N–H and O–H groups in total. The molecule has 0 unspecified atom stereocenters. The summed E-state index contributed by atoms with van der Waals surface area (Å²) in [5.41, 5.74) is 2.72. The number of rotatable bonds is 3. The Balaban J connectivity index is 1.88. The molecule has 2 amide bonds. The van der Waals surface area contributed by atoms with E-state index in [1.807, 2.05) is 77.4 Å². The monoisotopic (exact) mass is 440 g/mol. The van der Waals surface area contributed by atoms with Gasteiger partial charge in [0.25, 0.3) is 5.91 Å². The first-order valence-electron chi connectivity index (χ1n) is 11.3. The van der Waals surface area contributed by atoms with Gasteiger partial charge in [-0.3, -0.25) is 4.79 Å². The van der Waals surface area contributed by atoms with Crippen LogP contribution in [0.5, 0.6) is 0 Å². The molecule has 2 aromatic rings. The molecule has 0 radical (unpaired) electrons. The van der Waals surface area contributed by atoms with Crippen molar-refractivity contribution in [3.8, 4) is 5.69 Å². The van der Waals surface area contributed by atoms with E-state index in [-0.39, 0.29) is 23.5 Å². The second kappa shape index (κ2) is 8.96. The van der Waals surface area contributed by atoms with Gasteiger partial charge in [-0.15, -0.1) is 0 Å². The van der Waals surface area contributed by atoms with Gasteiger partial charge in [-0.1, -0.05) is 17.7 Å². The molecule has 0 saturated carbocycles. The van der Waals surface area contributed by atoms with E-state index in [1.54, 1.807) is 11.1 Å². The third kappa shape index (κ3) is 5.90. The van der Waals surface area contributed by atoms with Crippen LogP contribution in [0.4, 0.5) is 4.79 Å². The van der Waals surface area contributed by atoms with Crippen LogP contribution in [0.25, 0.3) is 5.69 Å². The minimum absolute atomic E-state index is 0.109. The van der Waals surface area contributed by atoms with Crippen molar-refractivity contribution in [2.24, 2.45) is 0 Å². The van der Waals surface area contributed by atoms with Crippen LogP contribution in [-0.2, 0) is 4.74 Å². The van der Waals surface area contributed by atoms with Crippen molar-refractivity contribution in [3.05, 3.63) is 47.3 Å². The Hall–Kier alpha value is -2.83. The summed E-state index contributed by atoms with van der Waals surface area (Å²) in [6, 6.07) is 8.13. The van der Waals surface area contributed by atoms with Gasteiger partial charge in [-0.25, -0.2) is 9.48 Å². The van der Waals surface area contributed by atoms with E-state index in [2.05, 4.69) is 10.4 Å². The molecule has 2 heterocycles. The van der Waals surface area contributed by atoms with Crippen molar-refractivity contribution in [2.45, 2.75) is 78.4 Å². The molecule has 0 aliphatic carbocycles. The summed E-state index contributed by atoms with van der Waals surface area (Å²) in [6.07, 6.45) is 2.86. The van der Waals surface area contributed by atoms with Crippen LogP contribution < -0.4 is 5.32 Å². The Morgan fingerprint density at radius 1 is 1.03 bits per heavy atom. The summed E-state index contributed by atoms with van der Waals surface area (Å²) in [5.74, 6) is -0.0151. The summed E-state index contributed by atoms with van der Waals surface area (Å²) in [4.78, 5) is 27.3. The fourth-order valence-corrected chi connectivity index (χ4v) is 3.89. The fraction of sp³-hybridized carbons (Fsp3) is 0.560. The standard InChI is InChI=1S/C25H36N4O3/c1-17-8-10-19(11-9-17)29-21(20(16-26-29)22(30)27-24(2,3)4)18-12-14-28(15-13-18)23(31)32-25(5,6)7/h8-11,16,18H,12-15H2,1-7H3,(H,27,30). The molecule has 3 rings (SSSR count). The molecule has 7 heteroatoms. The van der Waals surface area contributed by atoms with E-state index in [0.29, 0.717) is 18.7 Å². The minimum atomic E-state index is -0.518. The molecule has 1 aliphatic heterocycles. The minimum Gasteiger partial charge on any atom is -0.444 e. The van der Waals surface area contributed by atoms with Crippen LogP contribution in [-0.4, -0.2) is 50.9 Å². The molecule has 0 atom stereocenters. The van der Waals surface area contributed by atoms with E-state index >= 15 is 0 Å². The van der Waals surface area contributed by atoms with Crippen LogP contribution in [0, 0.1) is 6.92 Å². The number of aryl methyl sites for hydroxylation is 1. The number of likely N-dealkylation sites (tertiary alicyclic amines) is 1. The van der Waals surface area contributed by atoms with Crippen LogP contribution in [0.2, 0.25) is 0 Å². The maximum atomic E-state index is 13.1. The number of benzene rings is 1. The van der Waals surface area contributed by atoms with E-state index in [4.69, 9.17) is 4.74 Å². The van der Waals surface area contributed by atoms with Crippen molar-refractivity contribution in [2.75, 3.05) is 13.1 Å². The predicted molar refractivity (Wildman–Crippen MR) is 125 cm³/mol. The quantitative estimate of drug-likeness (QED) is 0.742. The Morgan fingerprint density at radius 3 is 2.16 bits per heavy atom. The molecule has 1 aromatic carbocycles. The van der Waals surface area contributed by atoms with Crippen molar-refractivity contribution in [3.63, 3.8) is 0 Å². The lowest BCUT2D eigenvalue weighted by atomic mass is 9.90. The smallest absolute Gasteiger partial charge is 0.410 e. The molecule has 32 heavy (non-hydrogen) atoms. The molecule has 1 aliphatic rings. The van der Waals surface area contributed by atoms with Crippen LogP contribution in [0.1, 0.15) is 81.9 Å². The zero-order valence-electron chi connectivity index (χ0n) is 20.4. The summed E-state index contributed by atoms with van der Waals surface area (Å²) in [6.45, 7) is 14.7. The highest BCUT2D eigenvalue weighted by Crippen LogP contribution is 2.33. The Kier molecular flexibility index (Phi) is 6.67. The maximum absolute atomic E-state index is 13.1. The van der Waals surface area contributed by atoms with Crippen molar-refractivity contribution in [1.29, 1.82) is 0 Å². The largest absolute Gasteiger partial charge is 0.444 e. The molecular formula is C25H36N4O3. The molecular weight excluding hydrogens is 404 g/mol. The Labute approximate surface area is 191 Å². The van der Waals surface area contributed by atoms with Crippen LogP contribution >= 0.6 is 0 Å². The van der Waals surface area contributed by atoms with Crippen molar-refractivity contribution in [1.82, 2.24) is 20.0 Å². The molecule has 7 nitrogen and oxygen atoms in total. The fourth-order valence-electron chi connectivity index (χ4n) is 3.89. The number of hydrogen-bond acceptors (Lipinski definition) is 4.